The summed E-state index contributed by atoms with van der Waals surface area (Å²) < 4.78 is 26.9. The van der Waals surface area contributed by atoms with Crippen LogP contribution >= 0.6 is 0 Å². The Morgan fingerprint density at radius 2 is 1.76 bits per heavy atom. The highest BCUT2D eigenvalue weighted by Gasteiger charge is 2.33. The fourth-order valence-corrected chi connectivity index (χ4v) is 2.74. The quantitative estimate of drug-likeness (QED) is 0.903. The van der Waals surface area contributed by atoms with Crippen LogP contribution in [0, 0.1) is 23.0 Å². The lowest BCUT2D eigenvalue weighted by Gasteiger charge is -2.29. The number of nitrogens with zero attached hydrogens (tertiary/aromatic N) is 1. The first-order chi connectivity index (χ1) is 10.1. The number of carbonyl (C=O) groups excluding carboxylic acids is 1. The number of nitrogens with one attached hydrogen (secondary N) is 1. The molecule has 112 valence electrons. The van der Waals surface area contributed by atoms with Gasteiger partial charge in [-0.25, -0.2) is 8.78 Å². The van der Waals surface area contributed by atoms with Crippen LogP contribution in [0.3, 0.4) is 0 Å². The Morgan fingerprint density at radius 1 is 1.14 bits per heavy atom. The third-order valence-electron chi connectivity index (χ3n) is 3.97. The van der Waals surface area contributed by atoms with Gasteiger partial charge in [0.05, 0.1) is 11.6 Å². The number of amides is 1. The molecule has 1 fully saturated rings. The molecule has 1 aromatic carbocycles. The van der Waals surface area contributed by atoms with Gasteiger partial charge < -0.3 is 5.32 Å². The summed E-state index contributed by atoms with van der Waals surface area (Å²) in [5.41, 5.74) is -1.33. The maximum Gasteiger partial charge on any atom is 0.255 e. The minimum atomic E-state index is -1.17. The van der Waals surface area contributed by atoms with Gasteiger partial charge in [-0.15, -0.1) is 0 Å². The van der Waals surface area contributed by atoms with E-state index in [9.17, 15) is 18.8 Å². The van der Waals surface area contributed by atoms with Crippen molar-refractivity contribution in [1.82, 2.24) is 5.32 Å². The number of benzene rings is 1. The second-order valence-electron chi connectivity index (χ2n) is 5.52. The maximum atomic E-state index is 13.7. The molecule has 0 unspecified atom stereocenters. The van der Waals surface area contributed by atoms with Crippen LogP contribution < -0.4 is 5.32 Å². The fraction of sp³-hybridized carbons (Fsp3) is 0.500. The Bertz CT molecular complexity index is 558. The molecule has 2 rings (SSSR count). The number of hydrogen-bond donors (Lipinski definition) is 1. The molecule has 1 aliphatic rings. The van der Waals surface area contributed by atoms with Gasteiger partial charge in [0.1, 0.15) is 5.54 Å². The van der Waals surface area contributed by atoms with Crippen LogP contribution in [0.4, 0.5) is 8.78 Å². The van der Waals surface area contributed by atoms with Crippen molar-refractivity contribution in [2.24, 2.45) is 0 Å². The van der Waals surface area contributed by atoms with Crippen molar-refractivity contribution in [3.8, 4) is 6.07 Å². The van der Waals surface area contributed by atoms with E-state index in [1.54, 1.807) is 0 Å². The zero-order chi connectivity index (χ0) is 15.3. The maximum absolute atomic E-state index is 13.7. The average molecular weight is 292 g/mol. The minimum absolute atomic E-state index is 0.355. The molecule has 0 radical (unpaired) electrons. The first-order valence-corrected chi connectivity index (χ1v) is 7.26. The Balaban J connectivity index is 2.19. The number of rotatable bonds is 2. The number of carbonyl (C=O) groups is 1. The van der Waals surface area contributed by atoms with Crippen LogP contribution in [-0.2, 0) is 0 Å². The molecule has 0 aliphatic heterocycles. The molecule has 0 bridgehead atoms. The molecule has 21 heavy (non-hydrogen) atoms. The molecule has 0 atom stereocenters. The highest BCUT2D eigenvalue weighted by atomic mass is 19.2. The van der Waals surface area contributed by atoms with Crippen molar-refractivity contribution in [2.45, 2.75) is 50.5 Å². The summed E-state index contributed by atoms with van der Waals surface area (Å²) in [6.07, 6.45) is 5.96. The molecule has 0 aromatic heterocycles. The molecule has 1 aromatic rings. The molecular weight excluding hydrogens is 274 g/mol. The zero-order valence-corrected chi connectivity index (χ0v) is 11.8. The molecule has 1 amide bonds. The summed E-state index contributed by atoms with van der Waals surface area (Å²) in [6, 6.07) is 5.64. The molecule has 1 aliphatic carbocycles. The first-order valence-electron chi connectivity index (χ1n) is 7.26. The number of hydrogen-bond acceptors (Lipinski definition) is 2. The second-order valence-corrected chi connectivity index (χ2v) is 5.52. The van der Waals surface area contributed by atoms with E-state index < -0.39 is 23.1 Å². The Kier molecular flexibility index (Phi) is 4.89. The van der Waals surface area contributed by atoms with Crippen LogP contribution in [0.25, 0.3) is 0 Å². The highest BCUT2D eigenvalue weighted by Crippen LogP contribution is 2.26. The van der Waals surface area contributed by atoms with Gasteiger partial charge in [0, 0.05) is 0 Å². The van der Waals surface area contributed by atoms with Gasteiger partial charge in [0.25, 0.3) is 5.91 Å². The van der Waals surface area contributed by atoms with Crippen molar-refractivity contribution in [1.29, 1.82) is 5.26 Å². The molecule has 0 spiro atoms. The van der Waals surface area contributed by atoms with Crippen LogP contribution in [0.5, 0.6) is 0 Å². The minimum Gasteiger partial charge on any atom is -0.334 e. The fourth-order valence-electron chi connectivity index (χ4n) is 2.74. The van der Waals surface area contributed by atoms with Gasteiger partial charge in [0.2, 0.25) is 0 Å². The van der Waals surface area contributed by atoms with E-state index in [0.29, 0.717) is 12.8 Å². The van der Waals surface area contributed by atoms with Gasteiger partial charge >= 0.3 is 0 Å². The Morgan fingerprint density at radius 3 is 2.38 bits per heavy atom. The van der Waals surface area contributed by atoms with Crippen molar-refractivity contribution in [2.75, 3.05) is 0 Å². The van der Waals surface area contributed by atoms with Crippen LogP contribution in [-0.4, -0.2) is 11.4 Å². The van der Waals surface area contributed by atoms with Gasteiger partial charge in [-0.1, -0.05) is 38.2 Å². The van der Waals surface area contributed by atoms with E-state index >= 15 is 0 Å². The van der Waals surface area contributed by atoms with Gasteiger partial charge in [-0.05, 0) is 25.0 Å². The summed E-state index contributed by atoms with van der Waals surface area (Å²) >= 11 is 0. The molecule has 1 saturated carbocycles. The lowest BCUT2D eigenvalue weighted by molar-refractivity contribution is 0.0902. The van der Waals surface area contributed by atoms with Gasteiger partial charge in [0.15, 0.2) is 11.6 Å². The predicted octanol–water partition coefficient (Wildman–Crippen LogP) is 3.70. The Hall–Kier alpha value is -1.96. The van der Waals surface area contributed by atoms with E-state index in [0.717, 1.165) is 38.2 Å². The topological polar surface area (TPSA) is 52.9 Å². The monoisotopic (exact) mass is 292 g/mol. The normalized spacial score (nSPS) is 18.1. The average Bonchev–Trinajstić information content (AvgIpc) is 2.45. The lowest BCUT2D eigenvalue weighted by atomic mass is 9.85. The molecule has 0 saturated heterocycles. The van der Waals surface area contributed by atoms with Crippen molar-refractivity contribution >= 4 is 5.91 Å². The van der Waals surface area contributed by atoms with E-state index in [1.165, 1.54) is 12.1 Å². The van der Waals surface area contributed by atoms with Crippen LogP contribution in [0.2, 0.25) is 0 Å². The molecule has 3 nitrogen and oxygen atoms in total. The van der Waals surface area contributed by atoms with E-state index in [4.69, 9.17) is 0 Å². The Labute approximate surface area is 123 Å². The standard InChI is InChI=1S/C16H18F2N2O/c17-13-8-6-7-12(14(13)18)15(21)20-16(11-19)9-4-2-1-3-5-10-16/h6-8H,1-5,9-10H2,(H,20,21). The van der Waals surface area contributed by atoms with E-state index in [1.807, 2.05) is 0 Å². The summed E-state index contributed by atoms with van der Waals surface area (Å²) in [5, 5.41) is 12.1. The zero-order valence-electron chi connectivity index (χ0n) is 11.8. The van der Waals surface area contributed by atoms with Gasteiger partial charge in [-0.3, -0.25) is 4.79 Å². The predicted molar refractivity (Wildman–Crippen MR) is 74.5 cm³/mol. The van der Waals surface area contributed by atoms with Crippen LogP contribution in [0.15, 0.2) is 18.2 Å². The highest BCUT2D eigenvalue weighted by molar-refractivity contribution is 5.95. The third-order valence-corrected chi connectivity index (χ3v) is 3.97. The number of nitriles is 1. The molecule has 0 heterocycles. The molecule has 1 N–H and O–H groups in total. The first kappa shape index (κ1) is 15.4. The van der Waals surface area contributed by atoms with Crippen molar-refractivity contribution in [3.63, 3.8) is 0 Å². The largest absolute Gasteiger partial charge is 0.334 e. The second kappa shape index (κ2) is 6.66. The molecule has 5 heteroatoms. The van der Waals surface area contributed by atoms with E-state index in [2.05, 4.69) is 11.4 Å². The van der Waals surface area contributed by atoms with Crippen molar-refractivity contribution in [3.05, 3.63) is 35.4 Å². The van der Waals surface area contributed by atoms with Crippen LogP contribution in [0.1, 0.15) is 55.3 Å². The summed E-state index contributed by atoms with van der Waals surface area (Å²) in [7, 11) is 0. The SMILES string of the molecule is N#CC1(NC(=O)c2cccc(F)c2F)CCCCCCC1. The summed E-state index contributed by atoms with van der Waals surface area (Å²) in [4.78, 5) is 12.2. The molecular formula is C16H18F2N2O. The number of halogens is 2. The summed E-state index contributed by atoms with van der Waals surface area (Å²) in [6.45, 7) is 0. The van der Waals surface area contributed by atoms with E-state index in [-0.39, 0.29) is 5.56 Å². The van der Waals surface area contributed by atoms with Crippen molar-refractivity contribution < 1.29 is 13.6 Å². The third kappa shape index (κ3) is 3.57. The van der Waals surface area contributed by atoms with Gasteiger partial charge in [-0.2, -0.15) is 5.26 Å². The lowest BCUT2D eigenvalue weighted by Crippen LogP contribution is -2.48. The summed E-state index contributed by atoms with van der Waals surface area (Å²) in [5.74, 6) is -2.96. The smallest absolute Gasteiger partial charge is 0.255 e.